The molecule has 0 amide bonds. The number of rotatable bonds is 6. The Hall–Kier alpha value is -0.0800. The second-order valence-corrected chi connectivity index (χ2v) is 7.33. The minimum atomic E-state index is 0.121. The van der Waals surface area contributed by atoms with Crippen LogP contribution >= 0.6 is 0 Å². The molecule has 0 radical (unpaired) electrons. The first-order valence-electron chi connectivity index (χ1n) is 9.08. The lowest BCUT2D eigenvalue weighted by Crippen LogP contribution is -2.36. The molecule has 20 heavy (non-hydrogen) atoms. The molecule has 2 nitrogen and oxygen atoms in total. The van der Waals surface area contributed by atoms with E-state index in [4.69, 9.17) is 4.89 Å². The monoisotopic (exact) mass is 282 g/mol. The standard InChI is InChI=1S/C18H34O2/c1-3-5-15-8-12-17(13-9-15)18(20-19)16-10-6-14(4-2)7-11-16/h14-19H,3-13H2,1-2H3. The van der Waals surface area contributed by atoms with Crippen LogP contribution in [0.5, 0.6) is 0 Å². The van der Waals surface area contributed by atoms with Crippen molar-refractivity contribution in [2.24, 2.45) is 23.7 Å². The zero-order chi connectivity index (χ0) is 14.4. The molecule has 0 heterocycles. The van der Waals surface area contributed by atoms with Gasteiger partial charge in [0.25, 0.3) is 0 Å². The van der Waals surface area contributed by atoms with Gasteiger partial charge in [0.05, 0.1) is 6.10 Å². The van der Waals surface area contributed by atoms with Crippen molar-refractivity contribution in [3.05, 3.63) is 0 Å². The third kappa shape index (κ3) is 4.21. The Morgan fingerprint density at radius 1 is 0.850 bits per heavy atom. The molecule has 0 aromatic carbocycles. The molecule has 0 aliphatic heterocycles. The average Bonchev–Trinajstić information content (AvgIpc) is 2.51. The molecule has 0 aromatic heterocycles. The quantitative estimate of drug-likeness (QED) is 0.502. The van der Waals surface area contributed by atoms with E-state index in [2.05, 4.69) is 13.8 Å². The molecule has 0 saturated heterocycles. The van der Waals surface area contributed by atoms with Crippen molar-refractivity contribution in [2.75, 3.05) is 0 Å². The summed E-state index contributed by atoms with van der Waals surface area (Å²) in [7, 11) is 0. The van der Waals surface area contributed by atoms with E-state index in [1.807, 2.05) is 0 Å². The van der Waals surface area contributed by atoms with Crippen LogP contribution in [0, 0.1) is 23.7 Å². The molecule has 0 bridgehead atoms. The molecule has 0 spiro atoms. The maximum atomic E-state index is 9.42. The molecule has 2 aliphatic rings. The summed E-state index contributed by atoms with van der Waals surface area (Å²) in [4.78, 5) is 4.99. The van der Waals surface area contributed by atoms with E-state index in [0.717, 1.165) is 11.8 Å². The van der Waals surface area contributed by atoms with Crippen molar-refractivity contribution >= 4 is 0 Å². The number of hydrogen-bond acceptors (Lipinski definition) is 2. The molecule has 118 valence electrons. The molecule has 2 rings (SSSR count). The van der Waals surface area contributed by atoms with E-state index < -0.39 is 0 Å². The van der Waals surface area contributed by atoms with Gasteiger partial charge >= 0.3 is 0 Å². The SMILES string of the molecule is CCCC1CCC(C(OO)C2CCC(CC)CC2)CC1. The van der Waals surface area contributed by atoms with Gasteiger partial charge in [0.1, 0.15) is 0 Å². The van der Waals surface area contributed by atoms with Crippen molar-refractivity contribution in [3.8, 4) is 0 Å². The van der Waals surface area contributed by atoms with Gasteiger partial charge in [-0.2, -0.15) is 0 Å². The summed E-state index contributed by atoms with van der Waals surface area (Å²) in [6.45, 7) is 4.60. The second kappa shape index (κ2) is 8.38. The highest BCUT2D eigenvalue weighted by atomic mass is 17.1. The molecule has 2 saturated carbocycles. The summed E-state index contributed by atoms with van der Waals surface area (Å²) >= 11 is 0. The molecular formula is C18H34O2. The van der Waals surface area contributed by atoms with Gasteiger partial charge in [-0.05, 0) is 49.4 Å². The van der Waals surface area contributed by atoms with Gasteiger partial charge in [-0.1, -0.05) is 58.8 Å². The van der Waals surface area contributed by atoms with Crippen molar-refractivity contribution in [1.29, 1.82) is 0 Å². The lowest BCUT2D eigenvalue weighted by Gasteiger charge is -2.38. The summed E-state index contributed by atoms with van der Waals surface area (Å²) in [5.41, 5.74) is 0. The fraction of sp³-hybridized carbons (Fsp3) is 1.00. The van der Waals surface area contributed by atoms with Gasteiger partial charge < -0.3 is 0 Å². The smallest absolute Gasteiger partial charge is 0.0983 e. The average molecular weight is 282 g/mol. The third-order valence-corrected chi connectivity index (χ3v) is 6.11. The van der Waals surface area contributed by atoms with Crippen LogP contribution < -0.4 is 0 Å². The highest BCUT2D eigenvalue weighted by molar-refractivity contribution is 4.85. The van der Waals surface area contributed by atoms with Crippen LogP contribution in [0.1, 0.15) is 84.5 Å². The maximum absolute atomic E-state index is 9.42. The lowest BCUT2D eigenvalue weighted by atomic mass is 9.70. The van der Waals surface area contributed by atoms with Gasteiger partial charge in [-0.3, -0.25) is 5.26 Å². The molecular weight excluding hydrogens is 248 g/mol. The van der Waals surface area contributed by atoms with Crippen molar-refractivity contribution in [2.45, 2.75) is 90.6 Å². The van der Waals surface area contributed by atoms with Gasteiger partial charge in [-0.15, -0.1) is 0 Å². The first-order chi connectivity index (χ1) is 9.78. The lowest BCUT2D eigenvalue weighted by molar-refractivity contribution is -0.307. The van der Waals surface area contributed by atoms with E-state index in [1.165, 1.54) is 70.6 Å². The molecule has 2 aliphatic carbocycles. The molecule has 1 unspecified atom stereocenters. The van der Waals surface area contributed by atoms with E-state index >= 15 is 0 Å². The molecule has 1 atom stereocenters. The van der Waals surface area contributed by atoms with Gasteiger partial charge in [-0.25, -0.2) is 4.89 Å². The molecule has 2 fully saturated rings. The van der Waals surface area contributed by atoms with E-state index in [0.29, 0.717) is 11.8 Å². The fourth-order valence-corrected chi connectivity index (χ4v) is 4.70. The predicted octanol–water partition coefficient (Wildman–Crippen LogP) is 5.67. The van der Waals surface area contributed by atoms with Crippen molar-refractivity contribution < 1.29 is 10.1 Å². The third-order valence-electron chi connectivity index (χ3n) is 6.11. The van der Waals surface area contributed by atoms with Gasteiger partial charge in [0, 0.05) is 0 Å². The summed E-state index contributed by atoms with van der Waals surface area (Å²) in [5, 5.41) is 9.42. The zero-order valence-electron chi connectivity index (χ0n) is 13.5. The van der Waals surface area contributed by atoms with Crippen LogP contribution in [0.4, 0.5) is 0 Å². The summed E-state index contributed by atoms with van der Waals surface area (Å²) in [6.07, 6.45) is 14.6. The van der Waals surface area contributed by atoms with Crippen molar-refractivity contribution in [1.82, 2.24) is 0 Å². The Morgan fingerprint density at radius 3 is 1.75 bits per heavy atom. The topological polar surface area (TPSA) is 29.5 Å². The first-order valence-corrected chi connectivity index (χ1v) is 9.08. The van der Waals surface area contributed by atoms with Crippen LogP contribution in [0.15, 0.2) is 0 Å². The maximum Gasteiger partial charge on any atom is 0.0983 e. The summed E-state index contributed by atoms with van der Waals surface area (Å²) < 4.78 is 0. The number of hydrogen-bond donors (Lipinski definition) is 1. The summed E-state index contributed by atoms with van der Waals surface area (Å²) in [5.74, 6) is 3.07. The fourth-order valence-electron chi connectivity index (χ4n) is 4.70. The highest BCUT2D eigenvalue weighted by Crippen LogP contribution is 2.41. The van der Waals surface area contributed by atoms with Crippen LogP contribution in [0.3, 0.4) is 0 Å². The zero-order valence-corrected chi connectivity index (χ0v) is 13.5. The Kier molecular flexibility index (Phi) is 6.83. The minimum absolute atomic E-state index is 0.121. The molecule has 2 heteroatoms. The molecule has 0 aromatic rings. The van der Waals surface area contributed by atoms with Crippen LogP contribution in [-0.4, -0.2) is 11.4 Å². The Labute approximate surface area is 125 Å². The van der Waals surface area contributed by atoms with Crippen molar-refractivity contribution in [3.63, 3.8) is 0 Å². The van der Waals surface area contributed by atoms with E-state index in [1.54, 1.807) is 0 Å². The van der Waals surface area contributed by atoms with Crippen LogP contribution in [0.2, 0.25) is 0 Å². The Morgan fingerprint density at radius 2 is 1.35 bits per heavy atom. The molecule has 1 N–H and O–H groups in total. The second-order valence-electron chi connectivity index (χ2n) is 7.33. The largest absolute Gasteiger partial charge is 0.252 e. The van der Waals surface area contributed by atoms with Crippen LogP contribution in [-0.2, 0) is 4.89 Å². The first kappa shape index (κ1) is 16.3. The Balaban J connectivity index is 1.80. The van der Waals surface area contributed by atoms with Gasteiger partial charge in [0.15, 0.2) is 0 Å². The predicted molar refractivity (Wildman–Crippen MR) is 83.6 cm³/mol. The highest BCUT2D eigenvalue weighted by Gasteiger charge is 2.35. The Bertz CT molecular complexity index is 250. The minimum Gasteiger partial charge on any atom is -0.252 e. The normalized spacial score (nSPS) is 36.8. The van der Waals surface area contributed by atoms with E-state index in [-0.39, 0.29) is 6.10 Å². The van der Waals surface area contributed by atoms with Gasteiger partial charge in [0.2, 0.25) is 0 Å². The van der Waals surface area contributed by atoms with E-state index in [9.17, 15) is 5.26 Å². The van der Waals surface area contributed by atoms with Crippen LogP contribution in [0.25, 0.3) is 0 Å². The summed E-state index contributed by atoms with van der Waals surface area (Å²) in [6, 6.07) is 0.